The van der Waals surface area contributed by atoms with Gasteiger partial charge in [-0.15, -0.1) is 0 Å². The molecule has 2 fully saturated rings. The number of fused-ring (bicyclic) bond motifs is 1. The van der Waals surface area contributed by atoms with Crippen LogP contribution in [0.2, 0.25) is 0 Å². The molecule has 2 unspecified atom stereocenters. The van der Waals surface area contributed by atoms with E-state index in [0.717, 1.165) is 18.6 Å². The molecular formula is C28H29F3N4O5. The second-order valence-electron chi connectivity index (χ2n) is 10.1. The number of carbonyl (C=O) groups excluding carboxylic acids is 4. The van der Waals surface area contributed by atoms with Gasteiger partial charge in [0.25, 0.3) is 5.91 Å². The van der Waals surface area contributed by atoms with Crippen LogP contribution in [0.5, 0.6) is 5.75 Å². The van der Waals surface area contributed by atoms with Gasteiger partial charge in [0.15, 0.2) is 0 Å². The number of ether oxygens (including phenoxy) is 1. The van der Waals surface area contributed by atoms with E-state index in [0.29, 0.717) is 42.0 Å². The number of alkyl halides is 3. The van der Waals surface area contributed by atoms with Crippen LogP contribution in [0.15, 0.2) is 42.5 Å². The molecule has 40 heavy (non-hydrogen) atoms. The molecule has 5 rings (SSSR count). The molecule has 3 aliphatic heterocycles. The van der Waals surface area contributed by atoms with E-state index in [2.05, 4.69) is 10.6 Å². The molecule has 9 nitrogen and oxygen atoms in total. The Hall–Kier alpha value is -3.93. The Morgan fingerprint density at radius 3 is 2.58 bits per heavy atom. The molecule has 2 N–H and O–H groups in total. The van der Waals surface area contributed by atoms with E-state index < -0.39 is 23.7 Å². The standard InChI is InChI=1S/C28H29F3N4O5/c29-28(30,31)18-8-6-17(7-9-18)15-32-25(37)21-4-2-12-34(21)13-14-40-23-5-1-3-19-20(23)16-35(27(19)39)22-10-11-24(36)33-26(22)38/h1,3,5-9,21-22H,2,4,10-16H2,(H,32,37)(H,33,36,38). The van der Waals surface area contributed by atoms with Crippen LogP contribution in [0.1, 0.15) is 52.7 Å². The number of nitrogens with zero attached hydrogens (tertiary/aromatic N) is 2. The minimum Gasteiger partial charge on any atom is -0.492 e. The summed E-state index contributed by atoms with van der Waals surface area (Å²) in [7, 11) is 0. The fourth-order valence-electron chi connectivity index (χ4n) is 5.47. The van der Waals surface area contributed by atoms with Crippen molar-refractivity contribution >= 4 is 23.6 Å². The van der Waals surface area contributed by atoms with Crippen molar-refractivity contribution in [3.63, 3.8) is 0 Å². The third kappa shape index (κ3) is 5.81. The highest BCUT2D eigenvalue weighted by molar-refractivity contribution is 6.05. The zero-order valence-electron chi connectivity index (χ0n) is 21.6. The van der Waals surface area contributed by atoms with E-state index in [1.807, 2.05) is 4.90 Å². The van der Waals surface area contributed by atoms with Crippen LogP contribution >= 0.6 is 0 Å². The molecule has 4 amide bonds. The number of carbonyl (C=O) groups is 4. The number of halogens is 3. The maximum absolute atomic E-state index is 13.0. The second kappa shape index (κ2) is 11.3. The molecule has 2 aromatic carbocycles. The molecule has 12 heteroatoms. The predicted octanol–water partition coefficient (Wildman–Crippen LogP) is 2.63. The van der Waals surface area contributed by atoms with Crippen LogP contribution in [0, 0.1) is 0 Å². The minimum atomic E-state index is -4.41. The molecular weight excluding hydrogens is 529 g/mol. The quantitative estimate of drug-likeness (QED) is 0.483. The maximum atomic E-state index is 13.0. The number of imide groups is 1. The lowest BCUT2D eigenvalue weighted by Crippen LogP contribution is -2.52. The summed E-state index contributed by atoms with van der Waals surface area (Å²) < 4.78 is 44.3. The van der Waals surface area contributed by atoms with Crippen molar-refractivity contribution in [1.82, 2.24) is 20.4 Å². The van der Waals surface area contributed by atoms with Crippen LogP contribution in [0.25, 0.3) is 0 Å². The lowest BCUT2D eigenvalue weighted by molar-refractivity contribution is -0.138. The van der Waals surface area contributed by atoms with Gasteiger partial charge in [-0.05, 0) is 55.6 Å². The summed E-state index contributed by atoms with van der Waals surface area (Å²) in [4.78, 5) is 53.1. The van der Waals surface area contributed by atoms with Gasteiger partial charge in [0, 0.05) is 30.6 Å². The van der Waals surface area contributed by atoms with Crippen molar-refractivity contribution in [3.05, 3.63) is 64.7 Å². The zero-order valence-corrected chi connectivity index (χ0v) is 21.6. The van der Waals surface area contributed by atoms with Crippen molar-refractivity contribution < 1.29 is 37.1 Å². The van der Waals surface area contributed by atoms with E-state index in [1.54, 1.807) is 18.2 Å². The Balaban J connectivity index is 1.14. The Morgan fingerprint density at radius 1 is 1.07 bits per heavy atom. The summed E-state index contributed by atoms with van der Waals surface area (Å²) in [5, 5.41) is 5.11. The summed E-state index contributed by atoms with van der Waals surface area (Å²) in [6.45, 7) is 1.77. The molecule has 2 saturated heterocycles. The van der Waals surface area contributed by atoms with Crippen molar-refractivity contribution in [2.45, 2.75) is 57.0 Å². The molecule has 0 aliphatic carbocycles. The SMILES string of the molecule is O=C1CCC(N2Cc3c(OCCN4CCCC4C(=O)NCc4ccc(C(F)(F)F)cc4)cccc3C2=O)C(=O)N1. The first-order valence-corrected chi connectivity index (χ1v) is 13.2. The van der Waals surface area contributed by atoms with Gasteiger partial charge < -0.3 is 15.0 Å². The highest BCUT2D eigenvalue weighted by Gasteiger charge is 2.40. The van der Waals surface area contributed by atoms with Crippen LogP contribution in [-0.4, -0.2) is 65.2 Å². The highest BCUT2D eigenvalue weighted by Crippen LogP contribution is 2.34. The molecule has 2 atom stereocenters. The lowest BCUT2D eigenvalue weighted by atomic mass is 10.0. The smallest absolute Gasteiger partial charge is 0.416 e. The number of likely N-dealkylation sites (tertiary alicyclic amines) is 1. The first kappa shape index (κ1) is 27.6. The van der Waals surface area contributed by atoms with Crippen LogP contribution in [0.4, 0.5) is 13.2 Å². The normalized spacial score (nSPS) is 21.4. The first-order chi connectivity index (χ1) is 19.1. The average Bonchev–Trinajstić information content (AvgIpc) is 3.52. The predicted molar refractivity (Wildman–Crippen MR) is 136 cm³/mol. The molecule has 0 saturated carbocycles. The lowest BCUT2D eigenvalue weighted by Gasteiger charge is -2.29. The van der Waals surface area contributed by atoms with Gasteiger partial charge in [0.05, 0.1) is 18.2 Å². The highest BCUT2D eigenvalue weighted by atomic mass is 19.4. The fraction of sp³-hybridized carbons (Fsp3) is 0.429. The number of piperidine rings is 1. The Morgan fingerprint density at radius 2 is 1.85 bits per heavy atom. The summed E-state index contributed by atoms with van der Waals surface area (Å²) in [5.41, 5.74) is 0.989. The summed E-state index contributed by atoms with van der Waals surface area (Å²) in [5.74, 6) is -0.759. The summed E-state index contributed by atoms with van der Waals surface area (Å²) in [6.07, 6.45) is -2.47. The number of hydrogen-bond acceptors (Lipinski definition) is 6. The van der Waals surface area contributed by atoms with E-state index in [-0.39, 0.29) is 56.3 Å². The van der Waals surface area contributed by atoms with Crippen LogP contribution < -0.4 is 15.4 Å². The molecule has 212 valence electrons. The average molecular weight is 559 g/mol. The Bertz CT molecular complexity index is 1310. The van der Waals surface area contributed by atoms with Crippen LogP contribution in [0.3, 0.4) is 0 Å². The summed E-state index contributed by atoms with van der Waals surface area (Å²) >= 11 is 0. The maximum Gasteiger partial charge on any atom is 0.416 e. The molecule has 2 aromatic rings. The first-order valence-electron chi connectivity index (χ1n) is 13.2. The van der Waals surface area contributed by atoms with Crippen molar-refractivity contribution in [3.8, 4) is 5.75 Å². The second-order valence-corrected chi connectivity index (χ2v) is 10.1. The molecule has 0 bridgehead atoms. The molecule has 3 aliphatic rings. The van der Waals surface area contributed by atoms with E-state index >= 15 is 0 Å². The Kier molecular flexibility index (Phi) is 7.79. The zero-order chi connectivity index (χ0) is 28.4. The third-order valence-electron chi connectivity index (χ3n) is 7.59. The largest absolute Gasteiger partial charge is 0.492 e. The van der Waals surface area contributed by atoms with Crippen molar-refractivity contribution in [2.24, 2.45) is 0 Å². The van der Waals surface area contributed by atoms with E-state index in [4.69, 9.17) is 4.74 Å². The summed E-state index contributed by atoms with van der Waals surface area (Å²) in [6, 6.07) is 8.79. The Labute approximate surface area is 228 Å². The number of hydrogen-bond donors (Lipinski definition) is 2. The van der Waals surface area contributed by atoms with Gasteiger partial charge in [-0.1, -0.05) is 18.2 Å². The molecule has 3 heterocycles. The van der Waals surface area contributed by atoms with Gasteiger partial charge >= 0.3 is 6.18 Å². The number of amides is 4. The third-order valence-corrected chi connectivity index (χ3v) is 7.59. The molecule has 0 radical (unpaired) electrons. The van der Waals surface area contributed by atoms with E-state index in [1.165, 1.54) is 17.0 Å². The molecule has 0 aromatic heterocycles. The van der Waals surface area contributed by atoms with Gasteiger partial charge in [0.2, 0.25) is 17.7 Å². The minimum absolute atomic E-state index is 0.131. The number of nitrogens with one attached hydrogen (secondary N) is 2. The van der Waals surface area contributed by atoms with Crippen molar-refractivity contribution in [1.29, 1.82) is 0 Å². The number of rotatable bonds is 8. The topological polar surface area (TPSA) is 108 Å². The van der Waals surface area contributed by atoms with Crippen molar-refractivity contribution in [2.75, 3.05) is 19.7 Å². The monoisotopic (exact) mass is 558 g/mol. The van der Waals surface area contributed by atoms with E-state index in [9.17, 15) is 32.3 Å². The van der Waals surface area contributed by atoms with Gasteiger partial charge in [-0.25, -0.2) is 0 Å². The van der Waals surface area contributed by atoms with Gasteiger partial charge in [-0.3, -0.25) is 29.4 Å². The molecule has 0 spiro atoms. The van der Waals surface area contributed by atoms with Crippen LogP contribution in [-0.2, 0) is 33.6 Å². The van der Waals surface area contributed by atoms with Gasteiger partial charge in [-0.2, -0.15) is 13.2 Å². The number of benzene rings is 2. The van der Waals surface area contributed by atoms with Gasteiger partial charge in [0.1, 0.15) is 18.4 Å². The fourth-order valence-corrected chi connectivity index (χ4v) is 5.47.